The van der Waals surface area contributed by atoms with E-state index in [1.165, 1.54) is 11.8 Å². The molecule has 3 aliphatic rings. The number of carbonyl (C=O) groups excluding carboxylic acids is 1. The highest BCUT2D eigenvalue weighted by Crippen LogP contribution is 2.42. The number of amidine groups is 1. The van der Waals surface area contributed by atoms with Crippen LogP contribution in [0.1, 0.15) is 18.7 Å². The molecule has 3 aliphatic heterocycles. The van der Waals surface area contributed by atoms with Gasteiger partial charge in [-0.1, -0.05) is 46.2 Å². The average Bonchev–Trinajstić information content (AvgIpc) is 3.14. The summed E-state index contributed by atoms with van der Waals surface area (Å²) in [5.41, 5.74) is 1.11. The van der Waals surface area contributed by atoms with Gasteiger partial charge in [0.2, 0.25) is 6.79 Å². The van der Waals surface area contributed by atoms with Gasteiger partial charge in [0.1, 0.15) is 5.70 Å². The molecule has 3 heterocycles. The predicted octanol–water partition coefficient (Wildman–Crippen LogP) is 2.73. The van der Waals surface area contributed by atoms with Crippen molar-refractivity contribution in [3.05, 3.63) is 56.0 Å². The van der Waals surface area contributed by atoms with E-state index in [1.54, 1.807) is 17.1 Å². The van der Waals surface area contributed by atoms with Crippen LogP contribution < -0.4 is 25.4 Å². The molecule has 1 unspecified atom stereocenters. The molecule has 0 aromatic heterocycles. The molecule has 1 atom stereocenters. The summed E-state index contributed by atoms with van der Waals surface area (Å²) in [6.45, 7) is 2.14. The molecule has 148 valence electrons. The molecule has 0 radical (unpaired) electrons. The lowest BCUT2D eigenvalue weighted by Gasteiger charge is -2.34. The standard InChI is InChI=1S/C19H14BrClN4O3S/c1-2-29-19-23-18(26)16-11-5-9(20)3-4-13(11)22-17(25(16)24-19)10-6-14-15(7-12(10)21)28-8-27-14/h3-7,17H,2,8H2,1H3,(H,23,24,26). The second-order valence-electron chi connectivity index (χ2n) is 6.38. The van der Waals surface area contributed by atoms with Gasteiger partial charge in [0.05, 0.1) is 10.4 Å². The number of benzene rings is 2. The summed E-state index contributed by atoms with van der Waals surface area (Å²) in [6.07, 6.45) is -0.612. The first-order valence-corrected chi connectivity index (χ1v) is 11.0. The monoisotopic (exact) mass is 492 g/mol. The van der Waals surface area contributed by atoms with Crippen LogP contribution in [-0.4, -0.2) is 28.6 Å². The van der Waals surface area contributed by atoms with Gasteiger partial charge in [0.25, 0.3) is 5.91 Å². The SMILES string of the molecule is CCSC1=NN2C(=c3cc(Br)ccc3=NC2c2cc3c(cc2Cl)OCO3)C(=O)N1. The van der Waals surface area contributed by atoms with E-state index in [1.807, 2.05) is 25.1 Å². The summed E-state index contributed by atoms with van der Waals surface area (Å²) in [5.74, 6) is 1.73. The first kappa shape index (κ1) is 18.8. The van der Waals surface area contributed by atoms with Crippen LogP contribution in [0.2, 0.25) is 5.02 Å². The molecule has 1 amide bonds. The van der Waals surface area contributed by atoms with Gasteiger partial charge in [-0.05, 0) is 30.0 Å². The van der Waals surface area contributed by atoms with Crippen molar-refractivity contribution in [3.63, 3.8) is 0 Å². The van der Waals surface area contributed by atoms with Crippen LogP contribution in [0, 0.1) is 0 Å². The van der Waals surface area contributed by atoms with Crippen molar-refractivity contribution in [2.24, 2.45) is 10.1 Å². The van der Waals surface area contributed by atoms with E-state index in [0.29, 0.717) is 43.5 Å². The number of hydrogen-bond donors (Lipinski definition) is 1. The third kappa shape index (κ3) is 3.17. The van der Waals surface area contributed by atoms with Crippen LogP contribution in [0.15, 0.2) is 44.9 Å². The Hall–Kier alpha value is -2.23. The molecular formula is C19H14BrClN4O3S. The number of hydrazone groups is 1. The van der Waals surface area contributed by atoms with Crippen molar-refractivity contribution >= 4 is 56.1 Å². The van der Waals surface area contributed by atoms with Crippen LogP contribution in [0.3, 0.4) is 0 Å². The Morgan fingerprint density at radius 2 is 2.10 bits per heavy atom. The third-order valence-electron chi connectivity index (χ3n) is 4.62. The third-order valence-corrected chi connectivity index (χ3v) is 6.19. The molecule has 2 aromatic rings. The number of ether oxygens (including phenoxy) is 2. The minimum Gasteiger partial charge on any atom is -0.454 e. The maximum absolute atomic E-state index is 13.0. The number of rotatable bonds is 2. The summed E-state index contributed by atoms with van der Waals surface area (Å²) in [5, 5.41) is 11.6. The van der Waals surface area contributed by atoms with Gasteiger partial charge < -0.3 is 9.47 Å². The van der Waals surface area contributed by atoms with Crippen molar-refractivity contribution in [2.75, 3.05) is 12.5 Å². The highest BCUT2D eigenvalue weighted by atomic mass is 79.9. The average molecular weight is 494 g/mol. The normalized spacial score (nSPS) is 19.2. The molecule has 0 fully saturated rings. The van der Waals surface area contributed by atoms with Crippen LogP contribution in [0.5, 0.6) is 11.5 Å². The molecular weight excluding hydrogens is 480 g/mol. The van der Waals surface area contributed by atoms with Gasteiger partial charge in [0.15, 0.2) is 22.8 Å². The van der Waals surface area contributed by atoms with Crippen LogP contribution >= 0.6 is 39.3 Å². The van der Waals surface area contributed by atoms with E-state index in [4.69, 9.17) is 26.1 Å². The molecule has 1 N–H and O–H groups in total. The molecule has 0 saturated heterocycles. The molecule has 2 aromatic carbocycles. The zero-order chi connectivity index (χ0) is 20.1. The number of fused-ring (bicyclic) bond motifs is 3. The van der Waals surface area contributed by atoms with Crippen molar-refractivity contribution in [1.29, 1.82) is 0 Å². The molecule has 0 aliphatic carbocycles. The second-order valence-corrected chi connectivity index (χ2v) is 8.95. The summed E-state index contributed by atoms with van der Waals surface area (Å²) in [6, 6.07) is 9.13. The van der Waals surface area contributed by atoms with Gasteiger partial charge in [0, 0.05) is 21.3 Å². The zero-order valence-corrected chi connectivity index (χ0v) is 18.3. The molecule has 0 bridgehead atoms. The van der Waals surface area contributed by atoms with Crippen molar-refractivity contribution < 1.29 is 14.3 Å². The summed E-state index contributed by atoms with van der Waals surface area (Å²) < 4.78 is 11.8. The quantitative estimate of drug-likeness (QED) is 0.696. The molecule has 0 spiro atoms. The van der Waals surface area contributed by atoms with Gasteiger partial charge in [-0.2, -0.15) is 0 Å². The van der Waals surface area contributed by atoms with Crippen molar-refractivity contribution in [1.82, 2.24) is 10.3 Å². The number of carbonyl (C=O) groups is 1. The van der Waals surface area contributed by atoms with Crippen LogP contribution in [-0.2, 0) is 4.79 Å². The lowest BCUT2D eigenvalue weighted by atomic mass is 10.1. The minimum absolute atomic E-state index is 0.146. The minimum atomic E-state index is -0.612. The Kier molecular flexibility index (Phi) is 4.68. The molecule has 29 heavy (non-hydrogen) atoms. The fourth-order valence-corrected chi connectivity index (χ4v) is 4.58. The number of thioether (sulfide) groups is 1. The Labute approximate surface area is 183 Å². The fraction of sp³-hybridized carbons (Fsp3) is 0.211. The maximum Gasteiger partial charge on any atom is 0.276 e. The largest absolute Gasteiger partial charge is 0.454 e. The molecule has 5 rings (SSSR count). The van der Waals surface area contributed by atoms with Gasteiger partial charge >= 0.3 is 0 Å². The summed E-state index contributed by atoms with van der Waals surface area (Å²) in [4.78, 5) is 17.9. The zero-order valence-electron chi connectivity index (χ0n) is 15.1. The molecule has 7 nitrogen and oxygen atoms in total. The van der Waals surface area contributed by atoms with Crippen molar-refractivity contribution in [3.8, 4) is 11.5 Å². The van der Waals surface area contributed by atoms with E-state index in [9.17, 15) is 4.79 Å². The highest BCUT2D eigenvalue weighted by molar-refractivity contribution is 9.10. The number of halogens is 2. The Balaban J connectivity index is 1.75. The Morgan fingerprint density at radius 1 is 1.31 bits per heavy atom. The topological polar surface area (TPSA) is 75.5 Å². The van der Waals surface area contributed by atoms with Gasteiger partial charge in [-0.15, -0.1) is 5.10 Å². The lowest BCUT2D eigenvalue weighted by Crippen LogP contribution is -2.50. The van der Waals surface area contributed by atoms with Gasteiger partial charge in [-0.3, -0.25) is 15.1 Å². The van der Waals surface area contributed by atoms with Crippen LogP contribution in [0.25, 0.3) is 5.70 Å². The Morgan fingerprint density at radius 3 is 2.90 bits per heavy atom. The molecule has 10 heteroatoms. The summed E-state index contributed by atoms with van der Waals surface area (Å²) >= 11 is 11.5. The first-order chi connectivity index (χ1) is 14.0. The van der Waals surface area contributed by atoms with Crippen molar-refractivity contribution in [2.45, 2.75) is 13.1 Å². The fourth-order valence-electron chi connectivity index (χ4n) is 3.39. The van der Waals surface area contributed by atoms with E-state index in [0.717, 1.165) is 10.2 Å². The van der Waals surface area contributed by atoms with E-state index in [2.05, 4.69) is 26.3 Å². The number of hydrogen-bond acceptors (Lipinski definition) is 7. The summed E-state index contributed by atoms with van der Waals surface area (Å²) in [7, 11) is 0. The second kappa shape index (κ2) is 7.23. The predicted molar refractivity (Wildman–Crippen MR) is 114 cm³/mol. The number of nitrogens with zero attached hydrogens (tertiary/aromatic N) is 3. The number of amides is 1. The molecule has 0 saturated carbocycles. The van der Waals surface area contributed by atoms with E-state index < -0.39 is 6.17 Å². The lowest BCUT2D eigenvalue weighted by molar-refractivity contribution is -0.116. The Bertz CT molecular complexity index is 1200. The number of nitrogens with one attached hydrogen (secondary N) is 1. The smallest absolute Gasteiger partial charge is 0.276 e. The van der Waals surface area contributed by atoms with Crippen LogP contribution in [0.4, 0.5) is 0 Å². The maximum atomic E-state index is 13.0. The van der Waals surface area contributed by atoms with E-state index >= 15 is 0 Å². The first-order valence-electron chi connectivity index (χ1n) is 8.84. The highest BCUT2D eigenvalue weighted by Gasteiger charge is 2.36. The van der Waals surface area contributed by atoms with Gasteiger partial charge in [-0.25, -0.2) is 5.01 Å². The van der Waals surface area contributed by atoms with E-state index in [-0.39, 0.29) is 12.7 Å².